The van der Waals surface area contributed by atoms with Gasteiger partial charge >= 0.3 is 12.4 Å². The fourth-order valence-electron chi connectivity index (χ4n) is 6.13. The molecule has 2 N–H and O–H groups in total. The van der Waals surface area contributed by atoms with Gasteiger partial charge in [-0.3, -0.25) is 0 Å². The summed E-state index contributed by atoms with van der Waals surface area (Å²) < 4.78 is 102. The second-order valence-electron chi connectivity index (χ2n) is 12.8. The van der Waals surface area contributed by atoms with E-state index < -0.39 is 51.6 Å². The SMILES string of the molecule is CCCCC1(CCCC)O/C(=C\C2=C(C(F)(F)F)C(=C(\C#N)C(F)(F)F)/OC2(C)C)C=C1/C=C1/C=C(N(CCO)CCO)C(C)(C)O1. The first-order valence-corrected chi connectivity index (χ1v) is 15.8. The first-order chi connectivity index (χ1) is 21.8. The molecule has 0 aromatic heterocycles. The van der Waals surface area contributed by atoms with Gasteiger partial charge in [-0.2, -0.15) is 31.6 Å². The summed E-state index contributed by atoms with van der Waals surface area (Å²) in [6.45, 7) is 10.3. The average Bonchev–Trinajstić information content (AvgIpc) is 3.53. The van der Waals surface area contributed by atoms with Crippen LogP contribution in [0.1, 0.15) is 80.1 Å². The number of nitriles is 1. The van der Waals surface area contributed by atoms with E-state index in [1.54, 1.807) is 18.2 Å². The van der Waals surface area contributed by atoms with Gasteiger partial charge in [-0.1, -0.05) is 26.7 Å². The van der Waals surface area contributed by atoms with Gasteiger partial charge in [0.05, 0.1) is 18.9 Å². The number of aliphatic hydroxyl groups excluding tert-OH is 2. The molecule has 0 amide bonds. The highest BCUT2D eigenvalue weighted by molar-refractivity contribution is 5.56. The molecule has 0 spiro atoms. The minimum absolute atomic E-state index is 0.00731. The van der Waals surface area contributed by atoms with Crippen LogP contribution < -0.4 is 0 Å². The molecule has 0 aromatic rings. The Morgan fingerprint density at radius 2 is 1.40 bits per heavy atom. The molecule has 0 aliphatic carbocycles. The summed E-state index contributed by atoms with van der Waals surface area (Å²) in [4.78, 5) is 1.81. The third-order valence-electron chi connectivity index (χ3n) is 8.35. The monoisotopic (exact) mass is 674 g/mol. The molecule has 3 rings (SSSR count). The summed E-state index contributed by atoms with van der Waals surface area (Å²) in [5.41, 5.74) is -6.68. The first-order valence-electron chi connectivity index (χ1n) is 15.8. The highest BCUT2D eigenvalue weighted by Crippen LogP contribution is 2.51. The molecule has 7 nitrogen and oxygen atoms in total. The summed E-state index contributed by atoms with van der Waals surface area (Å²) in [7, 11) is 0. The predicted molar refractivity (Wildman–Crippen MR) is 163 cm³/mol. The summed E-state index contributed by atoms with van der Waals surface area (Å²) in [6.07, 6.45) is -0.390. The number of halogens is 6. The Bertz CT molecular complexity index is 1390. The fraction of sp³-hybridized carbons (Fsp3) is 0.618. The van der Waals surface area contributed by atoms with E-state index in [0.717, 1.165) is 43.5 Å². The second-order valence-corrected chi connectivity index (χ2v) is 12.8. The number of hydrogen-bond acceptors (Lipinski definition) is 7. The molecule has 47 heavy (non-hydrogen) atoms. The fourth-order valence-corrected chi connectivity index (χ4v) is 6.13. The normalized spacial score (nSPS) is 22.9. The van der Waals surface area contributed by atoms with Gasteiger partial charge in [0.15, 0.2) is 11.3 Å². The van der Waals surface area contributed by atoms with Gasteiger partial charge in [0, 0.05) is 30.3 Å². The molecule has 262 valence electrons. The molecule has 0 aromatic carbocycles. The third kappa shape index (κ3) is 8.38. The van der Waals surface area contributed by atoms with Crippen LogP contribution in [0.2, 0.25) is 0 Å². The molecule has 0 bridgehead atoms. The second kappa shape index (κ2) is 14.4. The number of alkyl halides is 6. The van der Waals surface area contributed by atoms with E-state index in [1.165, 1.54) is 13.8 Å². The predicted octanol–water partition coefficient (Wildman–Crippen LogP) is 7.82. The zero-order valence-electron chi connectivity index (χ0n) is 27.7. The molecule has 3 heterocycles. The summed E-state index contributed by atoms with van der Waals surface area (Å²) in [6, 6.07) is 0.852. The minimum Gasteiger partial charge on any atom is -0.483 e. The van der Waals surface area contributed by atoms with Gasteiger partial charge in [-0.15, -0.1) is 0 Å². The molecule has 0 atom stereocenters. The van der Waals surface area contributed by atoms with Crippen molar-refractivity contribution >= 4 is 0 Å². The van der Waals surface area contributed by atoms with Gasteiger partial charge in [0.2, 0.25) is 0 Å². The molecule has 0 unspecified atom stereocenters. The Morgan fingerprint density at radius 1 is 0.851 bits per heavy atom. The van der Waals surface area contributed by atoms with Crippen molar-refractivity contribution in [1.82, 2.24) is 4.90 Å². The Kier molecular flexibility index (Phi) is 11.7. The van der Waals surface area contributed by atoms with Gasteiger partial charge in [0.1, 0.15) is 40.0 Å². The van der Waals surface area contributed by atoms with Crippen LogP contribution >= 0.6 is 0 Å². The van der Waals surface area contributed by atoms with Crippen LogP contribution in [0.5, 0.6) is 0 Å². The Balaban J connectivity index is 2.29. The quantitative estimate of drug-likeness (QED) is 0.152. The molecular weight excluding hydrogens is 630 g/mol. The maximum atomic E-state index is 14.5. The number of allylic oxidation sites excluding steroid dienone is 4. The van der Waals surface area contributed by atoms with Crippen LogP contribution in [0, 0.1) is 11.3 Å². The van der Waals surface area contributed by atoms with Gasteiger partial charge in [-0.05, 0) is 71.6 Å². The summed E-state index contributed by atoms with van der Waals surface area (Å²) >= 11 is 0. The van der Waals surface area contributed by atoms with E-state index in [-0.39, 0.29) is 32.1 Å². The molecule has 3 aliphatic rings. The van der Waals surface area contributed by atoms with Crippen molar-refractivity contribution in [3.8, 4) is 6.07 Å². The lowest BCUT2D eigenvalue weighted by atomic mass is 9.84. The van der Waals surface area contributed by atoms with Crippen molar-refractivity contribution in [3.05, 3.63) is 69.6 Å². The number of nitrogens with zero attached hydrogens (tertiary/aromatic N) is 2. The lowest BCUT2D eigenvalue weighted by molar-refractivity contribution is -0.0997. The van der Waals surface area contributed by atoms with Crippen molar-refractivity contribution in [2.45, 2.75) is 109 Å². The van der Waals surface area contributed by atoms with Crippen LogP contribution in [0.25, 0.3) is 0 Å². The smallest absolute Gasteiger partial charge is 0.429 e. The van der Waals surface area contributed by atoms with Gasteiger partial charge in [0.25, 0.3) is 0 Å². The molecule has 0 fully saturated rings. The maximum absolute atomic E-state index is 14.5. The third-order valence-corrected chi connectivity index (χ3v) is 8.35. The highest BCUT2D eigenvalue weighted by atomic mass is 19.4. The number of aliphatic hydroxyl groups is 2. The van der Waals surface area contributed by atoms with Gasteiger partial charge in [-0.25, -0.2) is 0 Å². The number of hydrogen-bond donors (Lipinski definition) is 2. The van der Waals surface area contributed by atoms with Crippen LogP contribution in [-0.4, -0.2) is 70.6 Å². The topological polar surface area (TPSA) is 95.2 Å². The zero-order chi connectivity index (χ0) is 35.4. The Hall–Kier alpha value is -3.37. The lowest BCUT2D eigenvalue weighted by Gasteiger charge is -2.33. The standard InChI is InChI=1S/C34H44F6N2O5/c1-7-9-11-32(12-10-8-2)22(18-24-20-27(31(5,6)45-24)42(13-15-43)14-16-44)17-23(46-32)19-25-28(34(38,39)40)29(47-30(25,3)4)26(21-41)33(35,36)37/h17-20,43-44H,7-16H2,1-6H3/b23-19-,24-18-,29-26-. The van der Waals surface area contributed by atoms with Crippen LogP contribution in [-0.2, 0) is 14.2 Å². The minimum atomic E-state index is -5.37. The van der Waals surface area contributed by atoms with Crippen molar-refractivity contribution in [3.63, 3.8) is 0 Å². The number of unbranched alkanes of at least 4 members (excludes halogenated alkanes) is 2. The van der Waals surface area contributed by atoms with E-state index in [4.69, 9.17) is 14.2 Å². The van der Waals surface area contributed by atoms with Gasteiger partial charge < -0.3 is 29.3 Å². The van der Waals surface area contributed by atoms with E-state index in [9.17, 15) is 41.8 Å². The number of rotatable bonds is 13. The van der Waals surface area contributed by atoms with E-state index in [2.05, 4.69) is 0 Å². The molecule has 13 heteroatoms. The highest BCUT2D eigenvalue weighted by Gasteiger charge is 2.54. The molecule has 0 radical (unpaired) electrons. The van der Waals surface area contributed by atoms with Crippen molar-refractivity contribution in [1.29, 1.82) is 5.26 Å². The van der Waals surface area contributed by atoms with Crippen LogP contribution in [0.15, 0.2) is 69.6 Å². The van der Waals surface area contributed by atoms with Crippen molar-refractivity contribution < 1.29 is 50.8 Å². The Labute approximate surface area is 272 Å². The van der Waals surface area contributed by atoms with E-state index in [0.29, 0.717) is 24.2 Å². The molecule has 0 saturated carbocycles. The summed E-state index contributed by atoms with van der Waals surface area (Å²) in [5, 5.41) is 28.4. The van der Waals surface area contributed by atoms with E-state index in [1.807, 2.05) is 32.6 Å². The Morgan fingerprint density at radius 3 is 1.87 bits per heavy atom. The van der Waals surface area contributed by atoms with Crippen molar-refractivity contribution in [2.75, 3.05) is 26.3 Å². The molecular formula is C34H44F6N2O5. The van der Waals surface area contributed by atoms with Crippen LogP contribution in [0.4, 0.5) is 26.3 Å². The maximum Gasteiger partial charge on any atom is 0.429 e. The summed E-state index contributed by atoms with van der Waals surface area (Å²) in [5.74, 6) is -1.12. The molecule has 3 aliphatic heterocycles. The van der Waals surface area contributed by atoms with E-state index >= 15 is 0 Å². The average molecular weight is 675 g/mol. The molecule has 0 saturated heterocycles. The first kappa shape index (κ1) is 38.1. The number of ether oxygens (including phenoxy) is 3. The lowest BCUT2D eigenvalue weighted by Crippen LogP contribution is -2.38. The van der Waals surface area contributed by atoms with Crippen LogP contribution in [0.3, 0.4) is 0 Å². The largest absolute Gasteiger partial charge is 0.483 e. The van der Waals surface area contributed by atoms with Crippen molar-refractivity contribution in [2.24, 2.45) is 0 Å². The zero-order valence-corrected chi connectivity index (χ0v) is 27.7.